The van der Waals surface area contributed by atoms with Gasteiger partial charge in [0.25, 0.3) is 0 Å². The zero-order valence-electron chi connectivity index (χ0n) is 8.21. The summed E-state index contributed by atoms with van der Waals surface area (Å²) in [5.41, 5.74) is 1.54. The zero-order valence-corrected chi connectivity index (χ0v) is 8.97. The summed E-state index contributed by atoms with van der Waals surface area (Å²) >= 11 is 5.93. The fraction of sp³-hybridized carbons (Fsp3) is 0.400. The first-order valence-electron chi connectivity index (χ1n) is 4.40. The van der Waals surface area contributed by atoms with Gasteiger partial charge in [-0.15, -0.1) is 0 Å². The quantitative estimate of drug-likeness (QED) is 0.723. The van der Waals surface area contributed by atoms with E-state index >= 15 is 0 Å². The molecule has 0 atom stereocenters. The zero-order chi connectivity index (χ0) is 10.6. The molecular formula is C10H12ClNO2. The molecule has 0 fully saturated rings. The van der Waals surface area contributed by atoms with Gasteiger partial charge in [-0.05, 0) is 19.9 Å². The van der Waals surface area contributed by atoms with Crippen LogP contribution in [-0.4, -0.2) is 17.6 Å². The number of hydrogen-bond acceptors (Lipinski definition) is 3. The van der Waals surface area contributed by atoms with E-state index in [1.54, 1.807) is 19.2 Å². The highest BCUT2D eigenvalue weighted by Crippen LogP contribution is 2.16. The van der Waals surface area contributed by atoms with Gasteiger partial charge in [-0.2, -0.15) is 0 Å². The number of halogens is 1. The molecule has 0 saturated carbocycles. The van der Waals surface area contributed by atoms with Crippen LogP contribution in [0.5, 0.6) is 0 Å². The van der Waals surface area contributed by atoms with Crippen LogP contribution in [0, 0.1) is 6.92 Å². The minimum absolute atomic E-state index is 0.181. The number of esters is 1. The Morgan fingerprint density at radius 1 is 1.64 bits per heavy atom. The third-order valence-electron chi connectivity index (χ3n) is 1.71. The highest BCUT2D eigenvalue weighted by atomic mass is 35.5. The Balaban J connectivity index is 2.72. The lowest BCUT2D eigenvalue weighted by Gasteiger charge is -2.04. The Hall–Kier alpha value is -1.09. The van der Waals surface area contributed by atoms with E-state index in [-0.39, 0.29) is 12.4 Å². The lowest BCUT2D eigenvalue weighted by Crippen LogP contribution is -2.08. The van der Waals surface area contributed by atoms with Gasteiger partial charge < -0.3 is 4.74 Å². The van der Waals surface area contributed by atoms with Crippen molar-refractivity contribution in [2.75, 3.05) is 6.61 Å². The van der Waals surface area contributed by atoms with E-state index in [9.17, 15) is 4.79 Å². The number of aromatic nitrogens is 1. The van der Waals surface area contributed by atoms with Crippen LogP contribution in [0.4, 0.5) is 0 Å². The molecule has 0 amide bonds. The molecule has 0 radical (unpaired) electrons. The van der Waals surface area contributed by atoms with Gasteiger partial charge in [0.1, 0.15) is 0 Å². The summed E-state index contributed by atoms with van der Waals surface area (Å²) in [4.78, 5) is 15.2. The van der Waals surface area contributed by atoms with Crippen molar-refractivity contribution in [2.24, 2.45) is 0 Å². The number of hydrogen-bond donors (Lipinski definition) is 0. The smallest absolute Gasteiger partial charge is 0.310 e. The number of ether oxygens (including phenoxy) is 1. The molecule has 0 aromatic carbocycles. The van der Waals surface area contributed by atoms with E-state index in [2.05, 4.69) is 4.98 Å². The van der Waals surface area contributed by atoms with Gasteiger partial charge in [0.2, 0.25) is 0 Å². The first kappa shape index (κ1) is 11.0. The van der Waals surface area contributed by atoms with Crippen LogP contribution in [0.15, 0.2) is 12.3 Å². The summed E-state index contributed by atoms with van der Waals surface area (Å²) < 4.78 is 4.81. The van der Waals surface area contributed by atoms with Gasteiger partial charge in [0, 0.05) is 22.5 Å². The van der Waals surface area contributed by atoms with Gasteiger partial charge in [0.05, 0.1) is 13.0 Å². The number of rotatable bonds is 3. The van der Waals surface area contributed by atoms with Crippen LogP contribution < -0.4 is 0 Å². The van der Waals surface area contributed by atoms with Gasteiger partial charge in [-0.25, -0.2) is 0 Å². The number of nitrogens with zero attached hydrogens (tertiary/aromatic N) is 1. The average molecular weight is 214 g/mol. The monoisotopic (exact) mass is 213 g/mol. The molecule has 4 heteroatoms. The van der Waals surface area contributed by atoms with Crippen molar-refractivity contribution < 1.29 is 9.53 Å². The van der Waals surface area contributed by atoms with Crippen LogP contribution >= 0.6 is 11.6 Å². The van der Waals surface area contributed by atoms with E-state index in [4.69, 9.17) is 16.3 Å². The molecule has 0 bridgehead atoms. The lowest BCUT2D eigenvalue weighted by atomic mass is 10.2. The van der Waals surface area contributed by atoms with Crippen molar-refractivity contribution >= 4 is 17.6 Å². The largest absolute Gasteiger partial charge is 0.466 e. The minimum atomic E-state index is -0.278. The van der Waals surface area contributed by atoms with Gasteiger partial charge in [-0.3, -0.25) is 9.78 Å². The summed E-state index contributed by atoms with van der Waals surface area (Å²) in [5.74, 6) is -0.278. The Bertz CT molecular complexity index is 339. The second-order valence-electron chi connectivity index (χ2n) is 2.90. The van der Waals surface area contributed by atoms with Crippen molar-refractivity contribution in [3.63, 3.8) is 0 Å². The molecule has 0 aliphatic heterocycles. The minimum Gasteiger partial charge on any atom is -0.466 e. The SMILES string of the molecule is CCOC(=O)Cc1cnc(C)cc1Cl. The second-order valence-corrected chi connectivity index (χ2v) is 3.31. The Labute approximate surface area is 88.1 Å². The first-order valence-corrected chi connectivity index (χ1v) is 4.78. The molecule has 1 rings (SSSR count). The van der Waals surface area contributed by atoms with Gasteiger partial charge in [-0.1, -0.05) is 11.6 Å². The number of aryl methyl sites for hydroxylation is 1. The van der Waals surface area contributed by atoms with Crippen LogP contribution in [-0.2, 0) is 16.0 Å². The fourth-order valence-electron chi connectivity index (χ4n) is 1.05. The molecule has 1 aromatic rings. The van der Waals surface area contributed by atoms with E-state index in [1.807, 2.05) is 6.92 Å². The van der Waals surface area contributed by atoms with E-state index < -0.39 is 0 Å². The maximum atomic E-state index is 11.1. The molecule has 0 N–H and O–H groups in total. The summed E-state index contributed by atoms with van der Waals surface area (Å²) in [6.07, 6.45) is 1.79. The highest BCUT2D eigenvalue weighted by Gasteiger charge is 2.07. The van der Waals surface area contributed by atoms with Crippen molar-refractivity contribution in [3.8, 4) is 0 Å². The molecule has 14 heavy (non-hydrogen) atoms. The standard InChI is InChI=1S/C10H12ClNO2/c1-3-14-10(13)5-8-6-12-7(2)4-9(8)11/h4,6H,3,5H2,1-2H3. The number of carbonyl (C=O) groups excluding carboxylic acids is 1. The van der Waals surface area contributed by atoms with Crippen LogP contribution in [0.1, 0.15) is 18.2 Å². The maximum Gasteiger partial charge on any atom is 0.310 e. The van der Waals surface area contributed by atoms with Crippen LogP contribution in [0.3, 0.4) is 0 Å². The Morgan fingerprint density at radius 3 is 2.93 bits per heavy atom. The van der Waals surface area contributed by atoms with Crippen LogP contribution in [0.25, 0.3) is 0 Å². The summed E-state index contributed by atoms with van der Waals surface area (Å²) in [5, 5.41) is 0.561. The topological polar surface area (TPSA) is 39.2 Å². The van der Waals surface area contributed by atoms with Crippen molar-refractivity contribution in [3.05, 3.63) is 28.5 Å². The third-order valence-corrected chi connectivity index (χ3v) is 2.06. The van der Waals surface area contributed by atoms with Gasteiger partial charge >= 0.3 is 5.97 Å². The predicted molar refractivity (Wildman–Crippen MR) is 54.3 cm³/mol. The average Bonchev–Trinajstić information content (AvgIpc) is 2.10. The molecule has 1 aromatic heterocycles. The molecule has 0 aliphatic carbocycles. The van der Waals surface area contributed by atoms with E-state index in [1.165, 1.54) is 0 Å². The molecule has 3 nitrogen and oxygen atoms in total. The normalized spacial score (nSPS) is 9.93. The molecule has 1 heterocycles. The number of pyridine rings is 1. The van der Waals surface area contributed by atoms with E-state index in [0.717, 1.165) is 5.69 Å². The Morgan fingerprint density at radius 2 is 2.36 bits per heavy atom. The number of carbonyl (C=O) groups is 1. The second kappa shape index (κ2) is 4.96. The van der Waals surface area contributed by atoms with E-state index in [0.29, 0.717) is 17.2 Å². The molecular weight excluding hydrogens is 202 g/mol. The highest BCUT2D eigenvalue weighted by molar-refractivity contribution is 6.31. The maximum absolute atomic E-state index is 11.1. The molecule has 0 saturated heterocycles. The molecule has 76 valence electrons. The fourth-order valence-corrected chi connectivity index (χ4v) is 1.33. The van der Waals surface area contributed by atoms with Crippen molar-refractivity contribution in [1.29, 1.82) is 0 Å². The molecule has 0 spiro atoms. The Kier molecular flexibility index (Phi) is 3.89. The lowest BCUT2D eigenvalue weighted by molar-refractivity contribution is -0.142. The summed E-state index contributed by atoms with van der Waals surface area (Å²) in [7, 11) is 0. The van der Waals surface area contributed by atoms with Crippen molar-refractivity contribution in [1.82, 2.24) is 4.98 Å². The van der Waals surface area contributed by atoms with Crippen LogP contribution in [0.2, 0.25) is 5.02 Å². The summed E-state index contributed by atoms with van der Waals surface area (Å²) in [6, 6.07) is 1.73. The third kappa shape index (κ3) is 3.00. The molecule has 0 unspecified atom stereocenters. The molecule has 0 aliphatic rings. The summed E-state index contributed by atoms with van der Waals surface area (Å²) in [6.45, 7) is 4.00. The van der Waals surface area contributed by atoms with Crippen molar-refractivity contribution in [2.45, 2.75) is 20.3 Å². The predicted octanol–water partition coefficient (Wildman–Crippen LogP) is 2.15. The van der Waals surface area contributed by atoms with Gasteiger partial charge in [0.15, 0.2) is 0 Å². The first-order chi connectivity index (χ1) is 6.63.